The number of aryl methyl sites for hydroxylation is 1. The number of hydrogen-bond acceptors (Lipinski definition) is 4. The summed E-state index contributed by atoms with van der Waals surface area (Å²) in [6, 6.07) is 10.4. The molecule has 2 rings (SSSR count). The third-order valence-electron chi connectivity index (χ3n) is 2.28. The number of benzene rings is 1. The Balaban J connectivity index is 2.36. The van der Waals surface area contributed by atoms with Crippen LogP contribution in [0.1, 0.15) is 5.56 Å². The van der Waals surface area contributed by atoms with Crippen molar-refractivity contribution in [1.29, 1.82) is 0 Å². The predicted molar refractivity (Wildman–Crippen MR) is 65.6 cm³/mol. The van der Waals surface area contributed by atoms with Crippen molar-refractivity contribution in [3.63, 3.8) is 0 Å². The fourth-order valence-electron chi connectivity index (χ4n) is 1.33. The van der Waals surface area contributed by atoms with E-state index >= 15 is 0 Å². The summed E-state index contributed by atoms with van der Waals surface area (Å²) < 4.78 is 29.2. The minimum Gasteiger partial charge on any atom is -0.281 e. The van der Waals surface area contributed by atoms with Gasteiger partial charge < -0.3 is 0 Å². The van der Waals surface area contributed by atoms with Crippen molar-refractivity contribution in [2.75, 3.05) is 0 Å². The summed E-state index contributed by atoms with van der Waals surface area (Å²) in [7, 11) is -3.99. The van der Waals surface area contributed by atoms with Gasteiger partial charge in [0.05, 0.1) is 0 Å². The van der Waals surface area contributed by atoms with Gasteiger partial charge in [0.2, 0.25) is 0 Å². The van der Waals surface area contributed by atoms with E-state index in [2.05, 4.69) is 0 Å². The second kappa shape index (κ2) is 4.66. The molecular formula is C12H11NO4S. The first kappa shape index (κ1) is 12.4. The Kier molecular flexibility index (Phi) is 3.20. The minimum atomic E-state index is -3.99. The lowest BCUT2D eigenvalue weighted by molar-refractivity contribution is 0.267. The lowest BCUT2D eigenvalue weighted by atomic mass is 10.2. The molecule has 1 aromatic heterocycles. The Morgan fingerprint density at radius 1 is 1.06 bits per heavy atom. The molecule has 0 bridgehead atoms. The van der Waals surface area contributed by atoms with Crippen molar-refractivity contribution in [3.8, 4) is 0 Å². The number of pyridine rings is 1. The van der Waals surface area contributed by atoms with Gasteiger partial charge in [-0.2, -0.15) is 8.42 Å². The topological polar surface area (TPSA) is 65.4 Å². The molecule has 18 heavy (non-hydrogen) atoms. The molecule has 5 nitrogen and oxygen atoms in total. The second-order valence-corrected chi connectivity index (χ2v) is 5.24. The summed E-state index contributed by atoms with van der Waals surface area (Å²) in [4.78, 5) is 11.4. The normalized spacial score (nSPS) is 11.2. The van der Waals surface area contributed by atoms with E-state index in [0.29, 0.717) is 4.73 Å². The van der Waals surface area contributed by atoms with Crippen LogP contribution in [-0.4, -0.2) is 13.1 Å². The summed E-state index contributed by atoms with van der Waals surface area (Å²) >= 11 is 0. The molecular weight excluding hydrogens is 254 g/mol. The van der Waals surface area contributed by atoms with Crippen molar-refractivity contribution >= 4 is 10.1 Å². The molecule has 0 N–H and O–H groups in total. The molecule has 2 aromatic rings. The Labute approximate surface area is 104 Å². The summed E-state index contributed by atoms with van der Waals surface area (Å²) in [5.74, 6) is 0. The largest absolute Gasteiger partial charge is 0.357 e. The van der Waals surface area contributed by atoms with E-state index < -0.39 is 15.7 Å². The summed E-state index contributed by atoms with van der Waals surface area (Å²) in [6.07, 6.45) is 1.24. The van der Waals surface area contributed by atoms with Crippen molar-refractivity contribution < 1.29 is 12.7 Å². The molecule has 0 atom stereocenters. The Bertz CT molecular complexity index is 701. The van der Waals surface area contributed by atoms with Gasteiger partial charge in [0.15, 0.2) is 0 Å². The summed E-state index contributed by atoms with van der Waals surface area (Å²) in [5.41, 5.74) is 0.388. The molecule has 0 amide bonds. The molecule has 0 fully saturated rings. The van der Waals surface area contributed by atoms with Crippen molar-refractivity contribution in [2.24, 2.45) is 0 Å². The predicted octanol–water partition coefficient (Wildman–Crippen LogP) is 0.974. The van der Waals surface area contributed by atoms with Crippen molar-refractivity contribution in [1.82, 2.24) is 4.73 Å². The van der Waals surface area contributed by atoms with Gasteiger partial charge in [0, 0.05) is 12.3 Å². The van der Waals surface area contributed by atoms with Crippen molar-refractivity contribution in [3.05, 3.63) is 64.6 Å². The highest BCUT2D eigenvalue weighted by molar-refractivity contribution is 7.87. The Hall–Kier alpha value is -2.08. The van der Waals surface area contributed by atoms with Crippen LogP contribution in [0.25, 0.3) is 0 Å². The lowest BCUT2D eigenvalue weighted by Crippen LogP contribution is -2.29. The summed E-state index contributed by atoms with van der Waals surface area (Å²) in [5, 5.41) is 0. The van der Waals surface area contributed by atoms with Crippen LogP contribution in [0, 0.1) is 6.92 Å². The van der Waals surface area contributed by atoms with E-state index in [9.17, 15) is 13.2 Å². The van der Waals surface area contributed by atoms with Crippen LogP contribution in [-0.2, 0) is 10.1 Å². The molecule has 94 valence electrons. The highest BCUT2D eigenvalue weighted by Gasteiger charge is 2.16. The molecule has 0 aliphatic heterocycles. The molecule has 0 saturated carbocycles. The highest BCUT2D eigenvalue weighted by atomic mass is 32.2. The molecule has 1 aromatic carbocycles. The minimum absolute atomic E-state index is 0.00357. The van der Waals surface area contributed by atoms with E-state index in [1.807, 2.05) is 6.92 Å². The van der Waals surface area contributed by atoms with Gasteiger partial charge in [-0.1, -0.05) is 23.8 Å². The van der Waals surface area contributed by atoms with E-state index in [4.69, 9.17) is 4.28 Å². The highest BCUT2D eigenvalue weighted by Crippen LogP contribution is 2.10. The monoisotopic (exact) mass is 265 g/mol. The molecule has 0 unspecified atom stereocenters. The fourth-order valence-corrected chi connectivity index (χ4v) is 2.22. The molecule has 0 aliphatic rings. The van der Waals surface area contributed by atoms with Crippen LogP contribution in [0.4, 0.5) is 0 Å². The first-order chi connectivity index (χ1) is 8.49. The maximum Gasteiger partial charge on any atom is 0.357 e. The molecule has 0 aliphatic carbocycles. The van der Waals surface area contributed by atoms with Gasteiger partial charge in [-0.25, -0.2) is 0 Å². The van der Waals surface area contributed by atoms with Gasteiger partial charge in [-0.3, -0.25) is 9.08 Å². The van der Waals surface area contributed by atoms with Crippen LogP contribution < -0.4 is 9.84 Å². The van der Waals surface area contributed by atoms with Crippen LogP contribution in [0.5, 0.6) is 0 Å². The average molecular weight is 265 g/mol. The van der Waals surface area contributed by atoms with Gasteiger partial charge in [-0.05, 0) is 25.1 Å². The van der Waals surface area contributed by atoms with Crippen LogP contribution >= 0.6 is 0 Å². The zero-order valence-corrected chi connectivity index (χ0v) is 10.4. The van der Waals surface area contributed by atoms with E-state index in [0.717, 1.165) is 5.56 Å². The molecule has 0 spiro atoms. The zero-order valence-electron chi connectivity index (χ0n) is 9.61. The third kappa shape index (κ3) is 2.60. The SMILES string of the molecule is Cc1ccc(S(=O)(=O)On2ccccc2=O)cc1. The van der Waals surface area contributed by atoms with E-state index in [1.54, 1.807) is 12.1 Å². The first-order valence-electron chi connectivity index (χ1n) is 5.18. The quantitative estimate of drug-likeness (QED) is 0.829. The fraction of sp³-hybridized carbons (Fsp3) is 0.0833. The van der Waals surface area contributed by atoms with E-state index in [-0.39, 0.29) is 4.90 Å². The molecule has 0 saturated heterocycles. The molecule has 6 heteroatoms. The second-order valence-electron chi connectivity index (χ2n) is 3.71. The zero-order chi connectivity index (χ0) is 13.2. The van der Waals surface area contributed by atoms with Crippen LogP contribution in [0.15, 0.2) is 58.4 Å². The van der Waals surface area contributed by atoms with Crippen LogP contribution in [0.2, 0.25) is 0 Å². The van der Waals surface area contributed by atoms with Crippen molar-refractivity contribution in [2.45, 2.75) is 11.8 Å². The van der Waals surface area contributed by atoms with Crippen LogP contribution in [0.3, 0.4) is 0 Å². The number of rotatable bonds is 3. The maximum atomic E-state index is 11.9. The van der Waals surface area contributed by atoms with Gasteiger partial charge in [0.1, 0.15) is 4.90 Å². The van der Waals surface area contributed by atoms with Gasteiger partial charge >= 0.3 is 10.1 Å². The Morgan fingerprint density at radius 3 is 2.33 bits per heavy atom. The number of nitrogens with zero attached hydrogens (tertiary/aromatic N) is 1. The number of hydrogen-bond donors (Lipinski definition) is 0. The smallest absolute Gasteiger partial charge is 0.281 e. The average Bonchev–Trinajstić information content (AvgIpc) is 2.32. The van der Waals surface area contributed by atoms with Gasteiger partial charge in [0.25, 0.3) is 5.56 Å². The summed E-state index contributed by atoms with van der Waals surface area (Å²) in [6.45, 7) is 1.85. The number of aromatic nitrogens is 1. The Morgan fingerprint density at radius 2 is 1.72 bits per heavy atom. The standard InChI is InChI=1S/C12H11NO4S/c1-10-5-7-11(8-6-10)18(15,16)17-13-9-3-2-4-12(13)14/h2-9H,1H3. The first-order valence-corrected chi connectivity index (χ1v) is 6.59. The lowest BCUT2D eigenvalue weighted by Gasteiger charge is -2.07. The molecule has 1 heterocycles. The van der Waals surface area contributed by atoms with Gasteiger partial charge in [-0.15, -0.1) is 4.73 Å². The van der Waals surface area contributed by atoms with E-state index in [1.165, 1.54) is 36.5 Å². The third-order valence-corrected chi connectivity index (χ3v) is 3.48. The molecule has 0 radical (unpaired) electrons. The maximum absolute atomic E-state index is 11.9.